The van der Waals surface area contributed by atoms with Gasteiger partial charge >= 0.3 is 5.97 Å². The van der Waals surface area contributed by atoms with Crippen LogP contribution in [0.5, 0.6) is 0 Å². The van der Waals surface area contributed by atoms with Gasteiger partial charge in [0.05, 0.1) is 0 Å². The van der Waals surface area contributed by atoms with Gasteiger partial charge in [-0.15, -0.1) is 10.2 Å². The van der Waals surface area contributed by atoms with E-state index in [0.717, 1.165) is 23.3 Å². The Balaban J connectivity index is 1.53. The maximum absolute atomic E-state index is 12.4. The summed E-state index contributed by atoms with van der Waals surface area (Å²) in [7, 11) is 0. The molecular formula is C23H23N5O4S. The number of hydrogen-bond donors (Lipinski definition) is 2. The summed E-state index contributed by atoms with van der Waals surface area (Å²) in [5.41, 5.74) is 3.36. The van der Waals surface area contributed by atoms with Crippen LogP contribution < -0.4 is 10.9 Å². The van der Waals surface area contributed by atoms with Crippen molar-refractivity contribution < 1.29 is 14.3 Å². The summed E-state index contributed by atoms with van der Waals surface area (Å²) in [5.74, 6) is -0.845. The molecule has 2 heterocycles. The fourth-order valence-corrected chi connectivity index (χ4v) is 3.92. The molecule has 2 N–H and O–H groups in total. The van der Waals surface area contributed by atoms with Crippen molar-refractivity contribution in [3.8, 4) is 6.07 Å². The van der Waals surface area contributed by atoms with Crippen molar-refractivity contribution in [3.05, 3.63) is 72.6 Å². The van der Waals surface area contributed by atoms with E-state index in [1.54, 1.807) is 13.8 Å². The average Bonchev–Trinajstić information content (AvgIpc) is 3.27. The van der Waals surface area contributed by atoms with Crippen LogP contribution in [0.1, 0.15) is 56.1 Å². The second-order valence-electron chi connectivity index (χ2n) is 7.34. The molecule has 0 radical (unpaired) electrons. The molecule has 0 saturated heterocycles. The number of esters is 1. The quantitative estimate of drug-likeness (QED) is 0.487. The minimum absolute atomic E-state index is 0.0462. The highest BCUT2D eigenvalue weighted by Gasteiger charge is 2.16. The van der Waals surface area contributed by atoms with E-state index in [0.29, 0.717) is 28.4 Å². The predicted octanol–water partition coefficient (Wildman–Crippen LogP) is 3.21. The van der Waals surface area contributed by atoms with Gasteiger partial charge in [0.2, 0.25) is 5.01 Å². The Hall–Kier alpha value is -3.84. The van der Waals surface area contributed by atoms with Crippen molar-refractivity contribution >= 4 is 28.9 Å². The first kappa shape index (κ1) is 23.8. The lowest BCUT2D eigenvalue weighted by molar-refractivity contribution is -0.144. The molecule has 0 unspecified atom stereocenters. The zero-order valence-corrected chi connectivity index (χ0v) is 19.3. The molecule has 0 saturated carbocycles. The average molecular weight is 466 g/mol. The van der Waals surface area contributed by atoms with Crippen molar-refractivity contribution in [1.29, 1.82) is 5.26 Å². The van der Waals surface area contributed by atoms with E-state index >= 15 is 0 Å². The van der Waals surface area contributed by atoms with Crippen LogP contribution >= 0.6 is 11.3 Å². The first-order valence-corrected chi connectivity index (χ1v) is 11.1. The Morgan fingerprint density at radius 2 is 1.94 bits per heavy atom. The number of anilines is 1. The maximum Gasteiger partial charge on any atom is 0.306 e. The van der Waals surface area contributed by atoms with Crippen LogP contribution in [0.4, 0.5) is 5.69 Å². The number of aromatic amines is 1. The topological polar surface area (TPSA) is 138 Å². The van der Waals surface area contributed by atoms with Gasteiger partial charge in [0.15, 0.2) is 5.01 Å². The van der Waals surface area contributed by atoms with Gasteiger partial charge in [0, 0.05) is 17.8 Å². The molecule has 1 aromatic carbocycles. The molecule has 0 aliphatic carbocycles. The van der Waals surface area contributed by atoms with E-state index in [2.05, 4.69) is 27.4 Å². The van der Waals surface area contributed by atoms with Gasteiger partial charge < -0.3 is 15.0 Å². The molecule has 0 aliphatic rings. The van der Waals surface area contributed by atoms with Crippen LogP contribution in [0, 0.1) is 25.2 Å². The number of amides is 1. The van der Waals surface area contributed by atoms with Crippen molar-refractivity contribution in [1.82, 2.24) is 15.2 Å². The molecule has 0 spiro atoms. The molecule has 1 amide bonds. The third kappa shape index (κ3) is 5.90. The highest BCUT2D eigenvalue weighted by atomic mass is 32.1. The molecule has 0 aliphatic heterocycles. The van der Waals surface area contributed by atoms with Crippen LogP contribution in [0.3, 0.4) is 0 Å². The van der Waals surface area contributed by atoms with E-state index in [9.17, 15) is 14.4 Å². The summed E-state index contributed by atoms with van der Waals surface area (Å²) in [5, 5.41) is 20.3. The number of carbonyl (C=O) groups is 2. The standard InChI is InChI=1S/C23H23N5O4S/c1-4-15-5-7-16(8-6-15)26-22(31)23-28-27-19(33-23)12-32-20(29)10-9-17-13(2)18(11-24)21(30)25-14(17)3/h5-8H,4,9-10,12H2,1-3H3,(H,25,30)(H,26,31). The molecule has 0 atom stereocenters. The lowest BCUT2D eigenvalue weighted by atomic mass is 9.99. The maximum atomic E-state index is 12.4. The lowest BCUT2D eigenvalue weighted by Crippen LogP contribution is -2.17. The molecule has 9 nitrogen and oxygen atoms in total. The zero-order valence-electron chi connectivity index (χ0n) is 18.5. The molecule has 10 heteroatoms. The minimum atomic E-state index is -0.462. The van der Waals surface area contributed by atoms with Crippen molar-refractivity contribution in [2.24, 2.45) is 0 Å². The minimum Gasteiger partial charge on any atom is -0.458 e. The molecule has 2 aromatic heterocycles. The van der Waals surface area contributed by atoms with Gasteiger partial charge in [-0.05, 0) is 55.5 Å². The summed E-state index contributed by atoms with van der Waals surface area (Å²) in [6.45, 7) is 5.37. The number of benzene rings is 1. The monoisotopic (exact) mass is 465 g/mol. The van der Waals surface area contributed by atoms with Crippen molar-refractivity contribution in [2.45, 2.75) is 46.6 Å². The Bertz CT molecular complexity index is 1270. The van der Waals surface area contributed by atoms with Crippen LogP contribution in [0.15, 0.2) is 29.1 Å². The summed E-state index contributed by atoms with van der Waals surface area (Å²) in [6, 6.07) is 9.43. The summed E-state index contributed by atoms with van der Waals surface area (Å²) in [6.07, 6.45) is 1.30. The molecule has 0 bridgehead atoms. The number of rotatable bonds is 8. The number of hydrogen-bond acceptors (Lipinski definition) is 8. The fraction of sp³-hybridized carbons (Fsp3) is 0.304. The van der Waals surface area contributed by atoms with Gasteiger partial charge in [-0.2, -0.15) is 5.26 Å². The second kappa shape index (κ2) is 10.7. The van der Waals surface area contributed by atoms with E-state index in [1.165, 1.54) is 5.56 Å². The molecular weight excluding hydrogens is 442 g/mol. The number of nitriles is 1. The van der Waals surface area contributed by atoms with Crippen LogP contribution in [-0.2, 0) is 29.0 Å². The third-order valence-electron chi connectivity index (χ3n) is 5.14. The smallest absolute Gasteiger partial charge is 0.306 e. The van der Waals surface area contributed by atoms with E-state index in [-0.39, 0.29) is 29.5 Å². The number of nitrogens with zero attached hydrogens (tertiary/aromatic N) is 3. The molecule has 3 rings (SSSR count). The van der Waals surface area contributed by atoms with Crippen LogP contribution in [0.2, 0.25) is 0 Å². The molecule has 0 fully saturated rings. The molecule has 33 heavy (non-hydrogen) atoms. The second-order valence-corrected chi connectivity index (χ2v) is 8.40. The Morgan fingerprint density at radius 3 is 2.61 bits per heavy atom. The van der Waals surface area contributed by atoms with Crippen molar-refractivity contribution in [2.75, 3.05) is 5.32 Å². The number of aryl methyl sites for hydroxylation is 2. The summed E-state index contributed by atoms with van der Waals surface area (Å²) in [4.78, 5) is 39.0. The number of H-pyrrole nitrogens is 1. The van der Waals surface area contributed by atoms with Gasteiger partial charge in [0.25, 0.3) is 11.5 Å². The van der Waals surface area contributed by atoms with E-state index in [1.807, 2.05) is 30.3 Å². The largest absolute Gasteiger partial charge is 0.458 e. The van der Waals surface area contributed by atoms with E-state index in [4.69, 9.17) is 10.00 Å². The van der Waals surface area contributed by atoms with E-state index < -0.39 is 11.5 Å². The van der Waals surface area contributed by atoms with Crippen LogP contribution in [-0.4, -0.2) is 27.1 Å². The SMILES string of the molecule is CCc1ccc(NC(=O)c2nnc(COC(=O)CCc3c(C)[nH]c(=O)c(C#N)c3C)s2)cc1. The van der Waals surface area contributed by atoms with Crippen molar-refractivity contribution in [3.63, 3.8) is 0 Å². The van der Waals surface area contributed by atoms with Crippen LogP contribution in [0.25, 0.3) is 0 Å². The number of aromatic nitrogens is 3. The Morgan fingerprint density at radius 1 is 1.21 bits per heavy atom. The fourth-order valence-electron chi connectivity index (χ4n) is 3.27. The lowest BCUT2D eigenvalue weighted by Gasteiger charge is -2.10. The molecule has 170 valence electrons. The first-order chi connectivity index (χ1) is 15.8. The summed E-state index contributed by atoms with van der Waals surface area (Å²) < 4.78 is 5.25. The molecule has 3 aromatic rings. The highest BCUT2D eigenvalue weighted by Crippen LogP contribution is 2.17. The number of pyridine rings is 1. The van der Waals surface area contributed by atoms with Gasteiger partial charge in [0.1, 0.15) is 18.2 Å². The zero-order chi connectivity index (χ0) is 24.0. The predicted molar refractivity (Wildman–Crippen MR) is 123 cm³/mol. The Kier molecular flexibility index (Phi) is 7.69. The first-order valence-electron chi connectivity index (χ1n) is 10.3. The number of nitrogens with one attached hydrogen (secondary N) is 2. The number of ether oxygens (including phenoxy) is 1. The normalized spacial score (nSPS) is 10.5. The number of carbonyl (C=O) groups excluding carboxylic acids is 2. The third-order valence-corrected chi connectivity index (χ3v) is 6.03. The van der Waals surface area contributed by atoms with Gasteiger partial charge in [-0.3, -0.25) is 14.4 Å². The van der Waals surface area contributed by atoms with Gasteiger partial charge in [-0.1, -0.05) is 30.4 Å². The summed E-state index contributed by atoms with van der Waals surface area (Å²) >= 11 is 1.05. The highest BCUT2D eigenvalue weighted by molar-refractivity contribution is 7.13. The van der Waals surface area contributed by atoms with Gasteiger partial charge in [-0.25, -0.2) is 0 Å². The Labute approximate surface area is 194 Å².